The summed E-state index contributed by atoms with van der Waals surface area (Å²) in [6, 6.07) is 6.10. The molecular formula is C19H29BN2O4. The number of carbonyl (C=O) groups is 2. The Hall–Kier alpha value is -2.12. The van der Waals surface area contributed by atoms with Crippen LogP contribution in [0.2, 0.25) is 0 Å². The summed E-state index contributed by atoms with van der Waals surface area (Å²) >= 11 is 0. The van der Waals surface area contributed by atoms with Crippen molar-refractivity contribution in [2.45, 2.75) is 46.5 Å². The lowest BCUT2D eigenvalue weighted by Gasteiger charge is -2.22. The van der Waals surface area contributed by atoms with Crippen molar-refractivity contribution in [2.24, 2.45) is 0 Å². The third kappa shape index (κ3) is 7.02. The average Bonchev–Trinajstić information content (AvgIpc) is 2.57. The second kappa shape index (κ2) is 10.8. The Kier molecular flexibility index (Phi) is 9.09. The standard InChI is InChI=1S/C19H29BN2O4/c1-5-7-19(24)22(6-2)13-18(23)21-17(20(25)26)11-10-16-9-8-14(3)12-15(16)4/h5,7-9,12,17,25-26H,6,10-11,13H2,1-4H3,(H,21,23)/b7-5-/t17-/m0/s1. The lowest BCUT2D eigenvalue weighted by molar-refractivity contribution is -0.132. The number of nitrogens with one attached hydrogen (secondary N) is 1. The molecule has 3 N–H and O–H groups in total. The van der Waals surface area contributed by atoms with Gasteiger partial charge >= 0.3 is 7.12 Å². The zero-order valence-electron chi connectivity index (χ0n) is 16.0. The summed E-state index contributed by atoms with van der Waals surface area (Å²) in [5.74, 6) is -1.45. The molecule has 0 aromatic heterocycles. The van der Waals surface area contributed by atoms with E-state index in [2.05, 4.69) is 11.4 Å². The molecule has 1 rings (SSSR count). The lowest BCUT2D eigenvalue weighted by atomic mass is 9.76. The van der Waals surface area contributed by atoms with Gasteiger partial charge in [-0.1, -0.05) is 29.8 Å². The van der Waals surface area contributed by atoms with Crippen molar-refractivity contribution in [3.63, 3.8) is 0 Å². The van der Waals surface area contributed by atoms with E-state index in [1.807, 2.05) is 26.0 Å². The van der Waals surface area contributed by atoms with E-state index >= 15 is 0 Å². The molecule has 26 heavy (non-hydrogen) atoms. The summed E-state index contributed by atoms with van der Waals surface area (Å²) in [6.45, 7) is 7.82. The largest absolute Gasteiger partial charge is 0.475 e. The average molecular weight is 360 g/mol. The van der Waals surface area contributed by atoms with Crippen LogP contribution in [0, 0.1) is 13.8 Å². The van der Waals surface area contributed by atoms with Crippen LogP contribution in [0.5, 0.6) is 0 Å². The number of amides is 2. The number of aryl methyl sites for hydroxylation is 3. The second-order valence-corrected chi connectivity index (χ2v) is 6.41. The quantitative estimate of drug-likeness (QED) is 0.455. The van der Waals surface area contributed by atoms with E-state index in [4.69, 9.17) is 0 Å². The topological polar surface area (TPSA) is 89.9 Å². The van der Waals surface area contributed by atoms with Crippen molar-refractivity contribution in [3.05, 3.63) is 47.0 Å². The first-order chi connectivity index (χ1) is 12.3. The molecule has 0 bridgehead atoms. The fourth-order valence-electron chi connectivity index (χ4n) is 2.75. The normalized spacial score (nSPS) is 12.1. The highest BCUT2D eigenvalue weighted by Crippen LogP contribution is 2.14. The van der Waals surface area contributed by atoms with Crippen molar-refractivity contribution >= 4 is 18.9 Å². The Bertz CT molecular complexity index is 646. The zero-order chi connectivity index (χ0) is 19.7. The Balaban J connectivity index is 2.66. The Morgan fingerprint density at radius 3 is 2.54 bits per heavy atom. The molecule has 0 saturated carbocycles. The minimum Gasteiger partial charge on any atom is -0.426 e. The van der Waals surface area contributed by atoms with Crippen molar-refractivity contribution in [1.29, 1.82) is 0 Å². The second-order valence-electron chi connectivity index (χ2n) is 6.41. The van der Waals surface area contributed by atoms with E-state index in [9.17, 15) is 19.6 Å². The lowest BCUT2D eigenvalue weighted by Crippen LogP contribution is -2.50. The molecule has 0 saturated heterocycles. The first kappa shape index (κ1) is 21.9. The van der Waals surface area contributed by atoms with Crippen molar-refractivity contribution in [1.82, 2.24) is 10.2 Å². The van der Waals surface area contributed by atoms with E-state index in [1.54, 1.807) is 19.9 Å². The molecule has 0 radical (unpaired) electrons. The molecule has 1 aromatic rings. The number of hydrogen-bond donors (Lipinski definition) is 3. The molecule has 0 aliphatic carbocycles. The minimum absolute atomic E-state index is 0.119. The number of carbonyl (C=O) groups excluding carboxylic acids is 2. The number of rotatable bonds is 9. The summed E-state index contributed by atoms with van der Waals surface area (Å²) in [7, 11) is -1.66. The molecular weight excluding hydrogens is 331 g/mol. The van der Waals surface area contributed by atoms with Gasteiger partial charge in [0, 0.05) is 6.54 Å². The Morgan fingerprint density at radius 1 is 1.31 bits per heavy atom. The van der Waals surface area contributed by atoms with Gasteiger partial charge in [-0.05, 0) is 57.7 Å². The summed E-state index contributed by atoms with van der Waals surface area (Å²) in [4.78, 5) is 25.5. The predicted molar refractivity (Wildman–Crippen MR) is 103 cm³/mol. The molecule has 0 spiro atoms. The number of nitrogens with zero attached hydrogens (tertiary/aromatic N) is 1. The number of likely N-dealkylation sites (N-methyl/N-ethyl adjacent to an activating group) is 1. The maximum absolute atomic E-state index is 12.2. The van der Waals surface area contributed by atoms with Crippen molar-refractivity contribution in [2.75, 3.05) is 13.1 Å². The van der Waals surface area contributed by atoms with E-state index in [0.29, 0.717) is 19.4 Å². The molecule has 0 fully saturated rings. The van der Waals surface area contributed by atoms with Gasteiger partial charge in [0.15, 0.2) is 0 Å². The number of benzene rings is 1. The van der Waals surface area contributed by atoms with Crippen LogP contribution < -0.4 is 5.32 Å². The van der Waals surface area contributed by atoms with Crippen LogP contribution >= 0.6 is 0 Å². The van der Waals surface area contributed by atoms with Gasteiger partial charge in [0.1, 0.15) is 0 Å². The predicted octanol–water partition coefficient (Wildman–Crippen LogP) is 1.16. The molecule has 6 nitrogen and oxygen atoms in total. The van der Waals surface area contributed by atoms with Crippen LogP contribution in [0.15, 0.2) is 30.4 Å². The smallest absolute Gasteiger partial charge is 0.426 e. The van der Waals surface area contributed by atoms with Crippen LogP contribution in [-0.2, 0) is 16.0 Å². The first-order valence-corrected chi connectivity index (χ1v) is 8.91. The van der Waals surface area contributed by atoms with Crippen molar-refractivity contribution in [3.8, 4) is 0 Å². The summed E-state index contributed by atoms with van der Waals surface area (Å²) in [5, 5.41) is 21.8. The highest BCUT2D eigenvalue weighted by Gasteiger charge is 2.26. The van der Waals surface area contributed by atoms with Crippen LogP contribution in [-0.4, -0.2) is 52.9 Å². The molecule has 0 unspecified atom stereocenters. The van der Waals surface area contributed by atoms with Gasteiger partial charge in [-0.25, -0.2) is 0 Å². The minimum atomic E-state index is -1.66. The molecule has 1 aromatic carbocycles. The first-order valence-electron chi connectivity index (χ1n) is 8.91. The highest BCUT2D eigenvalue weighted by atomic mass is 16.4. The molecule has 0 aliphatic heterocycles. The van der Waals surface area contributed by atoms with Gasteiger partial charge in [0.05, 0.1) is 12.5 Å². The molecule has 1 atom stereocenters. The van der Waals surface area contributed by atoms with Gasteiger partial charge in [0.25, 0.3) is 0 Å². The van der Waals surface area contributed by atoms with Gasteiger partial charge < -0.3 is 20.3 Å². The van der Waals surface area contributed by atoms with Crippen LogP contribution in [0.4, 0.5) is 0 Å². The van der Waals surface area contributed by atoms with Crippen LogP contribution in [0.1, 0.15) is 37.0 Å². The fourth-order valence-corrected chi connectivity index (χ4v) is 2.75. The summed E-state index contributed by atoms with van der Waals surface area (Å²) in [5.41, 5.74) is 3.41. The SMILES string of the molecule is C/C=C\C(=O)N(CC)CC(=O)N[C@@H](CCc1ccc(C)cc1C)B(O)O. The molecule has 0 heterocycles. The molecule has 0 aliphatic rings. The highest BCUT2D eigenvalue weighted by molar-refractivity contribution is 6.43. The summed E-state index contributed by atoms with van der Waals surface area (Å²) in [6.07, 6.45) is 4.02. The number of hydrogen-bond acceptors (Lipinski definition) is 4. The maximum Gasteiger partial charge on any atom is 0.475 e. The Labute approximate surface area is 156 Å². The molecule has 7 heteroatoms. The van der Waals surface area contributed by atoms with Gasteiger partial charge in [-0.3, -0.25) is 9.59 Å². The van der Waals surface area contributed by atoms with E-state index in [1.165, 1.54) is 16.5 Å². The van der Waals surface area contributed by atoms with Crippen molar-refractivity contribution < 1.29 is 19.6 Å². The van der Waals surface area contributed by atoms with Gasteiger partial charge in [-0.2, -0.15) is 0 Å². The molecule has 142 valence electrons. The van der Waals surface area contributed by atoms with Gasteiger partial charge in [0.2, 0.25) is 11.8 Å². The molecule has 2 amide bonds. The zero-order valence-corrected chi connectivity index (χ0v) is 16.0. The fraction of sp³-hybridized carbons (Fsp3) is 0.474. The van der Waals surface area contributed by atoms with E-state index < -0.39 is 19.0 Å². The Morgan fingerprint density at radius 2 is 2.00 bits per heavy atom. The van der Waals surface area contributed by atoms with Crippen LogP contribution in [0.3, 0.4) is 0 Å². The van der Waals surface area contributed by atoms with E-state index in [0.717, 1.165) is 11.1 Å². The summed E-state index contributed by atoms with van der Waals surface area (Å²) < 4.78 is 0. The van der Waals surface area contributed by atoms with Gasteiger partial charge in [-0.15, -0.1) is 0 Å². The van der Waals surface area contributed by atoms with E-state index in [-0.39, 0.29) is 12.5 Å². The monoisotopic (exact) mass is 360 g/mol. The van der Waals surface area contributed by atoms with Crippen LogP contribution in [0.25, 0.3) is 0 Å². The third-order valence-corrected chi connectivity index (χ3v) is 4.27. The maximum atomic E-state index is 12.2. The third-order valence-electron chi connectivity index (χ3n) is 4.27. The number of allylic oxidation sites excluding steroid dienone is 1.